The molecule has 0 aromatic carbocycles. The molecule has 0 N–H and O–H groups in total. The second-order valence-electron chi connectivity index (χ2n) is 4.67. The molecule has 5 heteroatoms. The lowest BCUT2D eigenvalue weighted by molar-refractivity contribution is -0.119. The fourth-order valence-corrected chi connectivity index (χ4v) is 1.48. The van der Waals surface area contributed by atoms with Gasteiger partial charge in [0.2, 0.25) is 5.89 Å². The summed E-state index contributed by atoms with van der Waals surface area (Å²) in [5.74, 6) is 1.48. The highest BCUT2D eigenvalue weighted by molar-refractivity contribution is 5.80. The van der Waals surface area contributed by atoms with Gasteiger partial charge in [0.25, 0.3) is 0 Å². The predicted molar refractivity (Wildman–Crippen MR) is 62.6 cm³/mol. The van der Waals surface area contributed by atoms with Crippen molar-refractivity contribution in [3.8, 4) is 0 Å². The minimum absolute atomic E-state index is 0.0480. The van der Waals surface area contributed by atoms with E-state index in [1.807, 2.05) is 20.8 Å². The van der Waals surface area contributed by atoms with E-state index in [9.17, 15) is 4.79 Å². The molecule has 5 nitrogen and oxygen atoms in total. The molecule has 1 rings (SSSR count). The Morgan fingerprint density at radius 2 is 2.12 bits per heavy atom. The topological polar surface area (TPSA) is 65.2 Å². The number of rotatable bonds is 7. The number of aromatic nitrogens is 2. The number of carbonyl (C=O) groups is 1. The first-order chi connectivity index (χ1) is 8.01. The fourth-order valence-electron chi connectivity index (χ4n) is 1.48. The first-order valence-corrected chi connectivity index (χ1v) is 5.87. The first kappa shape index (κ1) is 13.8. The van der Waals surface area contributed by atoms with E-state index in [2.05, 4.69) is 10.1 Å². The number of ether oxygens (including phenoxy) is 1. The van der Waals surface area contributed by atoms with Gasteiger partial charge in [-0.2, -0.15) is 4.98 Å². The maximum atomic E-state index is 11.6. The van der Waals surface area contributed by atoms with Crippen molar-refractivity contribution in [2.45, 2.75) is 46.1 Å². The van der Waals surface area contributed by atoms with Crippen molar-refractivity contribution in [2.75, 3.05) is 7.11 Å². The molecule has 0 aliphatic rings. The van der Waals surface area contributed by atoms with Gasteiger partial charge in [-0.3, -0.25) is 4.79 Å². The van der Waals surface area contributed by atoms with Crippen molar-refractivity contribution in [1.82, 2.24) is 10.1 Å². The summed E-state index contributed by atoms with van der Waals surface area (Å²) >= 11 is 0. The van der Waals surface area contributed by atoms with Gasteiger partial charge in [-0.1, -0.05) is 19.0 Å². The standard InChI is InChI=1S/C12H20N2O3/c1-8(2)5-10(15)7-12-13-11(14-17-12)6-9(3)16-4/h8-9H,5-7H2,1-4H3. The molecule has 1 unspecified atom stereocenters. The molecule has 0 spiro atoms. The van der Waals surface area contributed by atoms with Crippen molar-refractivity contribution < 1.29 is 14.1 Å². The van der Waals surface area contributed by atoms with Crippen LogP contribution in [0.5, 0.6) is 0 Å². The van der Waals surface area contributed by atoms with Gasteiger partial charge in [0.05, 0.1) is 12.5 Å². The quantitative estimate of drug-likeness (QED) is 0.727. The van der Waals surface area contributed by atoms with Crippen LogP contribution in [0, 0.1) is 5.92 Å². The van der Waals surface area contributed by atoms with Crippen LogP contribution in [0.3, 0.4) is 0 Å². The Hall–Kier alpha value is -1.23. The number of carbonyl (C=O) groups excluding carboxylic acids is 1. The van der Waals surface area contributed by atoms with Crippen LogP contribution in [-0.2, 0) is 22.4 Å². The van der Waals surface area contributed by atoms with Crippen molar-refractivity contribution in [2.24, 2.45) is 5.92 Å². The smallest absolute Gasteiger partial charge is 0.234 e. The number of methoxy groups -OCH3 is 1. The number of hydrogen-bond donors (Lipinski definition) is 0. The molecule has 1 atom stereocenters. The number of ketones is 1. The number of hydrogen-bond acceptors (Lipinski definition) is 5. The maximum absolute atomic E-state index is 11.6. The van der Waals surface area contributed by atoms with Crippen LogP contribution in [-0.4, -0.2) is 29.1 Å². The zero-order valence-corrected chi connectivity index (χ0v) is 10.9. The molecular formula is C12H20N2O3. The molecule has 17 heavy (non-hydrogen) atoms. The summed E-state index contributed by atoms with van der Waals surface area (Å²) < 4.78 is 10.1. The van der Waals surface area contributed by atoms with Crippen molar-refractivity contribution in [3.63, 3.8) is 0 Å². The van der Waals surface area contributed by atoms with E-state index in [1.165, 1.54) is 0 Å². The molecular weight excluding hydrogens is 220 g/mol. The van der Waals surface area contributed by atoms with Gasteiger partial charge >= 0.3 is 0 Å². The molecule has 1 aromatic heterocycles. The molecule has 0 aliphatic heterocycles. The lowest BCUT2D eigenvalue weighted by atomic mass is 10.1. The maximum Gasteiger partial charge on any atom is 0.234 e. The molecule has 96 valence electrons. The minimum atomic E-state index is 0.0480. The average molecular weight is 240 g/mol. The molecule has 0 amide bonds. The molecule has 0 aliphatic carbocycles. The van der Waals surface area contributed by atoms with Crippen molar-refractivity contribution in [3.05, 3.63) is 11.7 Å². The van der Waals surface area contributed by atoms with E-state index >= 15 is 0 Å². The second-order valence-corrected chi connectivity index (χ2v) is 4.67. The second kappa shape index (κ2) is 6.49. The summed E-state index contributed by atoms with van der Waals surface area (Å²) in [7, 11) is 1.64. The van der Waals surface area contributed by atoms with E-state index in [0.717, 1.165) is 0 Å². The molecule has 1 aromatic rings. The first-order valence-electron chi connectivity index (χ1n) is 5.87. The third kappa shape index (κ3) is 5.08. The molecule has 1 heterocycles. The summed E-state index contributed by atoms with van der Waals surface area (Å²) in [6.45, 7) is 5.95. The monoisotopic (exact) mass is 240 g/mol. The highest BCUT2D eigenvalue weighted by Crippen LogP contribution is 2.07. The molecule has 0 saturated carbocycles. The zero-order chi connectivity index (χ0) is 12.8. The molecule has 0 bridgehead atoms. The minimum Gasteiger partial charge on any atom is -0.381 e. The Balaban J connectivity index is 2.48. The lowest BCUT2D eigenvalue weighted by Crippen LogP contribution is -2.10. The molecule has 0 radical (unpaired) electrons. The van der Waals surface area contributed by atoms with Crippen LogP contribution >= 0.6 is 0 Å². The molecule has 0 saturated heterocycles. The third-order valence-electron chi connectivity index (χ3n) is 2.37. The Morgan fingerprint density at radius 3 is 2.71 bits per heavy atom. The Kier molecular flexibility index (Phi) is 5.28. The number of nitrogens with zero attached hydrogens (tertiary/aromatic N) is 2. The zero-order valence-electron chi connectivity index (χ0n) is 10.9. The number of Topliss-reactive ketones (excluding diaryl/α,β-unsaturated/α-hetero) is 1. The van der Waals surface area contributed by atoms with Crippen LogP contribution in [0.25, 0.3) is 0 Å². The summed E-state index contributed by atoms with van der Waals surface area (Å²) in [6, 6.07) is 0. The predicted octanol–water partition coefficient (Wildman–Crippen LogP) is 1.80. The van der Waals surface area contributed by atoms with Gasteiger partial charge in [0, 0.05) is 20.0 Å². The molecule has 0 fully saturated rings. The summed E-state index contributed by atoms with van der Waals surface area (Å²) in [5.41, 5.74) is 0. The van der Waals surface area contributed by atoms with Crippen molar-refractivity contribution >= 4 is 5.78 Å². The van der Waals surface area contributed by atoms with Gasteiger partial charge < -0.3 is 9.26 Å². The summed E-state index contributed by atoms with van der Waals surface area (Å²) in [6.07, 6.45) is 1.42. The van der Waals surface area contributed by atoms with Crippen molar-refractivity contribution in [1.29, 1.82) is 0 Å². The van der Waals surface area contributed by atoms with Gasteiger partial charge in [-0.25, -0.2) is 0 Å². The average Bonchev–Trinajstić information content (AvgIpc) is 2.63. The van der Waals surface area contributed by atoms with Crippen LogP contribution in [0.15, 0.2) is 4.52 Å². The van der Waals surface area contributed by atoms with Crippen LogP contribution < -0.4 is 0 Å². The highest BCUT2D eigenvalue weighted by atomic mass is 16.5. The highest BCUT2D eigenvalue weighted by Gasteiger charge is 2.13. The largest absolute Gasteiger partial charge is 0.381 e. The third-order valence-corrected chi connectivity index (χ3v) is 2.37. The van der Waals surface area contributed by atoms with E-state index < -0.39 is 0 Å². The summed E-state index contributed by atoms with van der Waals surface area (Å²) in [4.78, 5) is 15.7. The van der Waals surface area contributed by atoms with E-state index in [1.54, 1.807) is 7.11 Å². The Bertz CT molecular complexity index is 360. The lowest BCUT2D eigenvalue weighted by Gasteiger charge is -2.04. The van der Waals surface area contributed by atoms with Crippen LogP contribution in [0.4, 0.5) is 0 Å². The van der Waals surface area contributed by atoms with Crippen LogP contribution in [0.2, 0.25) is 0 Å². The van der Waals surface area contributed by atoms with Gasteiger partial charge in [-0.05, 0) is 12.8 Å². The van der Waals surface area contributed by atoms with Gasteiger partial charge in [-0.15, -0.1) is 0 Å². The van der Waals surface area contributed by atoms with Gasteiger partial charge in [0.1, 0.15) is 5.78 Å². The van der Waals surface area contributed by atoms with E-state index in [-0.39, 0.29) is 18.3 Å². The van der Waals surface area contributed by atoms with Crippen LogP contribution in [0.1, 0.15) is 38.9 Å². The fraction of sp³-hybridized carbons (Fsp3) is 0.750. The summed E-state index contributed by atoms with van der Waals surface area (Å²) in [5, 5.41) is 3.82. The van der Waals surface area contributed by atoms with E-state index in [4.69, 9.17) is 9.26 Å². The Labute approximate surface area is 102 Å². The SMILES string of the molecule is COC(C)Cc1noc(CC(=O)CC(C)C)n1. The Morgan fingerprint density at radius 1 is 1.41 bits per heavy atom. The van der Waals surface area contributed by atoms with Gasteiger partial charge in [0.15, 0.2) is 5.82 Å². The van der Waals surface area contributed by atoms with E-state index in [0.29, 0.717) is 30.5 Å². The normalized spacial score (nSPS) is 13.0.